The van der Waals surface area contributed by atoms with Crippen LogP contribution in [0.1, 0.15) is 84.3 Å². The Labute approximate surface area is 272 Å². The van der Waals surface area contributed by atoms with Crippen molar-refractivity contribution in [3.63, 3.8) is 0 Å². The summed E-state index contributed by atoms with van der Waals surface area (Å²) in [6.45, 7) is 14.1. The minimum Gasteiger partial charge on any atom is -0.490 e. The molecule has 0 bridgehead atoms. The van der Waals surface area contributed by atoms with E-state index in [4.69, 9.17) is 32.7 Å². The van der Waals surface area contributed by atoms with Crippen molar-refractivity contribution < 1.29 is 19.1 Å². The van der Waals surface area contributed by atoms with Gasteiger partial charge in [0.2, 0.25) is 0 Å². The predicted octanol–water partition coefficient (Wildman–Crippen LogP) is 9.28. The van der Waals surface area contributed by atoms with Gasteiger partial charge in [0.05, 0.1) is 10.2 Å². The summed E-state index contributed by atoms with van der Waals surface area (Å²) in [6.07, 6.45) is 2.51. The highest BCUT2D eigenvalue weighted by atomic mass is 127. The van der Waals surface area contributed by atoms with Crippen LogP contribution in [0.2, 0.25) is 10.0 Å². The maximum absolute atomic E-state index is 14.0. The van der Waals surface area contributed by atoms with Gasteiger partial charge >= 0.3 is 0 Å². The zero-order valence-corrected chi connectivity index (χ0v) is 28.8. The van der Waals surface area contributed by atoms with E-state index in [1.54, 1.807) is 12.1 Å². The topological polar surface area (TPSA) is 55.8 Å². The SMILES string of the molecule is CCOc1cc(C2C3=C(CC(C)(C)CC3=O)N(CC)C3=C2C(=O)CC(C)(C)C3)cc(I)c1OCc1ccc(Cl)cc1Cl. The largest absolute Gasteiger partial charge is 0.490 e. The third kappa shape index (κ3) is 6.00. The molecule has 2 aromatic rings. The Hall–Kier alpha value is -2.03. The maximum Gasteiger partial charge on any atom is 0.174 e. The number of nitrogens with zero attached hydrogens (tertiary/aromatic N) is 1. The van der Waals surface area contributed by atoms with E-state index >= 15 is 0 Å². The van der Waals surface area contributed by atoms with Crippen LogP contribution >= 0.6 is 45.8 Å². The minimum atomic E-state index is -0.433. The molecule has 5 nitrogen and oxygen atoms in total. The lowest BCUT2D eigenvalue weighted by Crippen LogP contribution is -2.44. The highest BCUT2D eigenvalue weighted by Crippen LogP contribution is 2.55. The Balaban J connectivity index is 1.65. The molecule has 1 aliphatic heterocycles. The zero-order valence-electron chi connectivity index (χ0n) is 25.1. The van der Waals surface area contributed by atoms with Gasteiger partial charge in [0.1, 0.15) is 6.61 Å². The summed E-state index contributed by atoms with van der Waals surface area (Å²) in [6, 6.07) is 9.34. The molecule has 1 heterocycles. The highest BCUT2D eigenvalue weighted by Gasteiger charge is 2.48. The first-order chi connectivity index (χ1) is 19.7. The Bertz CT molecular complexity index is 1470. The van der Waals surface area contributed by atoms with E-state index in [2.05, 4.69) is 62.1 Å². The van der Waals surface area contributed by atoms with Crippen molar-refractivity contribution in [3.8, 4) is 11.5 Å². The number of benzene rings is 2. The van der Waals surface area contributed by atoms with Gasteiger partial charge in [-0.3, -0.25) is 9.59 Å². The molecule has 2 aromatic carbocycles. The molecule has 0 N–H and O–H groups in total. The van der Waals surface area contributed by atoms with Crippen LogP contribution in [0.5, 0.6) is 11.5 Å². The van der Waals surface area contributed by atoms with Crippen LogP contribution in [0.3, 0.4) is 0 Å². The first kappa shape index (κ1) is 31.4. The molecule has 2 aliphatic carbocycles. The molecule has 224 valence electrons. The molecule has 0 fully saturated rings. The Kier molecular flexibility index (Phi) is 8.83. The summed E-state index contributed by atoms with van der Waals surface area (Å²) in [5, 5.41) is 1.10. The number of Topliss-reactive ketones (excluding diaryl/α,β-unsaturated/α-hetero) is 2. The Morgan fingerprint density at radius 1 is 0.881 bits per heavy atom. The monoisotopic (exact) mass is 721 g/mol. The van der Waals surface area contributed by atoms with E-state index in [-0.39, 0.29) is 29.0 Å². The molecule has 0 radical (unpaired) electrons. The smallest absolute Gasteiger partial charge is 0.174 e. The fourth-order valence-electron chi connectivity index (χ4n) is 6.71. The lowest BCUT2D eigenvalue weighted by molar-refractivity contribution is -0.119. The fourth-order valence-corrected chi connectivity index (χ4v) is 7.95. The van der Waals surface area contributed by atoms with Gasteiger partial charge in [0.25, 0.3) is 0 Å². The molecular formula is C34H38Cl2INO4. The summed E-state index contributed by atoms with van der Waals surface area (Å²) in [5.41, 5.74) is 5.07. The first-order valence-corrected chi connectivity index (χ1v) is 16.4. The second kappa shape index (κ2) is 11.8. The normalized spacial score (nSPS) is 20.1. The number of hydrogen-bond donors (Lipinski definition) is 0. The second-order valence-electron chi connectivity index (χ2n) is 13.1. The van der Waals surface area contributed by atoms with Crippen LogP contribution in [-0.2, 0) is 16.2 Å². The zero-order chi connectivity index (χ0) is 30.6. The predicted molar refractivity (Wildman–Crippen MR) is 176 cm³/mol. The van der Waals surface area contributed by atoms with E-state index < -0.39 is 5.92 Å². The number of ketones is 2. The lowest BCUT2D eigenvalue weighted by atomic mass is 9.63. The number of hydrogen-bond acceptors (Lipinski definition) is 5. The number of carbonyl (C=O) groups is 2. The average molecular weight is 722 g/mol. The van der Waals surface area contributed by atoms with Crippen molar-refractivity contribution >= 4 is 57.4 Å². The summed E-state index contributed by atoms with van der Waals surface area (Å²) in [4.78, 5) is 30.2. The molecular weight excluding hydrogens is 684 g/mol. The van der Waals surface area contributed by atoms with E-state index in [0.717, 1.165) is 56.6 Å². The summed E-state index contributed by atoms with van der Waals surface area (Å²) < 4.78 is 13.3. The van der Waals surface area contributed by atoms with E-state index in [1.165, 1.54) is 0 Å². The standard InChI is InChI=1S/C34H38Cl2INO4/c1-7-38-24-14-33(3,4)16-26(39)30(24)29(31-25(38)15-34(5,6)17-27(31)40)20-11-23(37)32(28(12-20)41-8-2)42-18-19-9-10-21(35)13-22(19)36/h9-13,29H,7-8,14-18H2,1-6H3. The number of rotatable bonds is 7. The van der Waals surface area contributed by atoms with Gasteiger partial charge in [-0.2, -0.15) is 0 Å². The van der Waals surface area contributed by atoms with Gasteiger partial charge in [-0.25, -0.2) is 0 Å². The van der Waals surface area contributed by atoms with Crippen LogP contribution in [0.15, 0.2) is 52.9 Å². The van der Waals surface area contributed by atoms with Crippen LogP contribution in [0.25, 0.3) is 0 Å². The number of carbonyl (C=O) groups excluding carboxylic acids is 2. The third-order valence-electron chi connectivity index (χ3n) is 8.39. The van der Waals surface area contributed by atoms with E-state index in [0.29, 0.717) is 41.0 Å². The Morgan fingerprint density at radius 3 is 2.00 bits per heavy atom. The molecule has 3 aliphatic rings. The number of allylic oxidation sites excluding steroid dienone is 4. The summed E-state index contributed by atoms with van der Waals surface area (Å²) in [7, 11) is 0. The molecule has 0 saturated heterocycles. The molecule has 5 rings (SSSR count). The van der Waals surface area contributed by atoms with Crippen molar-refractivity contribution in [3.05, 3.63) is 77.6 Å². The number of halogens is 3. The quantitative estimate of drug-likeness (QED) is 0.267. The van der Waals surface area contributed by atoms with Gasteiger partial charge in [-0.1, -0.05) is 57.0 Å². The molecule has 0 aromatic heterocycles. The fraction of sp³-hybridized carbons (Fsp3) is 0.471. The Morgan fingerprint density at radius 2 is 1.48 bits per heavy atom. The first-order valence-electron chi connectivity index (χ1n) is 14.6. The molecule has 42 heavy (non-hydrogen) atoms. The summed E-state index contributed by atoms with van der Waals surface area (Å²) in [5.74, 6) is 1.00. The van der Waals surface area contributed by atoms with Gasteiger partial charge in [-0.05, 0) is 89.9 Å². The summed E-state index contributed by atoms with van der Waals surface area (Å²) >= 11 is 14.7. The minimum absolute atomic E-state index is 0.125. The number of ether oxygens (including phenoxy) is 2. The van der Waals surface area contributed by atoms with Gasteiger partial charge in [0, 0.05) is 63.5 Å². The van der Waals surface area contributed by atoms with Crippen molar-refractivity contribution in [2.24, 2.45) is 10.8 Å². The van der Waals surface area contributed by atoms with Crippen LogP contribution in [0, 0.1) is 14.4 Å². The third-order valence-corrected chi connectivity index (χ3v) is 9.78. The molecule has 0 spiro atoms. The van der Waals surface area contributed by atoms with Gasteiger partial charge in [0.15, 0.2) is 23.1 Å². The molecule has 8 heteroatoms. The van der Waals surface area contributed by atoms with E-state index in [9.17, 15) is 9.59 Å². The van der Waals surface area contributed by atoms with Crippen LogP contribution < -0.4 is 9.47 Å². The van der Waals surface area contributed by atoms with Gasteiger partial charge in [-0.15, -0.1) is 0 Å². The average Bonchev–Trinajstić information content (AvgIpc) is 2.86. The van der Waals surface area contributed by atoms with Crippen molar-refractivity contribution in [2.45, 2.75) is 79.8 Å². The maximum atomic E-state index is 14.0. The molecule has 0 unspecified atom stereocenters. The molecule has 0 atom stereocenters. The molecule has 0 saturated carbocycles. The second-order valence-corrected chi connectivity index (χ2v) is 15.1. The van der Waals surface area contributed by atoms with Crippen molar-refractivity contribution in [1.29, 1.82) is 0 Å². The highest BCUT2D eigenvalue weighted by molar-refractivity contribution is 14.1. The lowest BCUT2D eigenvalue weighted by Gasteiger charge is -2.49. The molecule has 0 amide bonds. The van der Waals surface area contributed by atoms with Crippen LogP contribution in [-0.4, -0.2) is 29.6 Å². The van der Waals surface area contributed by atoms with Crippen molar-refractivity contribution in [1.82, 2.24) is 4.90 Å². The van der Waals surface area contributed by atoms with Crippen molar-refractivity contribution in [2.75, 3.05) is 13.2 Å². The van der Waals surface area contributed by atoms with E-state index in [1.807, 2.05) is 25.1 Å². The van der Waals surface area contributed by atoms with Crippen LogP contribution in [0.4, 0.5) is 0 Å². The van der Waals surface area contributed by atoms with Gasteiger partial charge < -0.3 is 14.4 Å².